The van der Waals surface area contributed by atoms with Crippen LogP contribution in [0.25, 0.3) is 0 Å². The summed E-state index contributed by atoms with van der Waals surface area (Å²) in [6.45, 7) is 6.14. The Bertz CT molecular complexity index is 1280. The Morgan fingerprint density at radius 3 is 1.39 bits per heavy atom. The first-order valence-electron chi connectivity index (χ1n) is 23.4. The summed E-state index contributed by atoms with van der Waals surface area (Å²) < 4.78 is 5.87. The van der Waals surface area contributed by atoms with Crippen LogP contribution in [0.5, 0.6) is 0 Å². The molecular formula is C53H85NO5. The first-order chi connectivity index (χ1) is 29.0. The van der Waals surface area contributed by atoms with Gasteiger partial charge >= 0.3 is 5.97 Å². The number of aliphatic hydroxyl groups excluding tert-OH is 2. The number of hydrogen-bond donors (Lipinski definition) is 3. The summed E-state index contributed by atoms with van der Waals surface area (Å²) >= 11 is 0. The topological polar surface area (TPSA) is 95.9 Å². The third kappa shape index (κ3) is 40.8. The maximum atomic E-state index is 13.1. The van der Waals surface area contributed by atoms with Gasteiger partial charge in [0.25, 0.3) is 0 Å². The van der Waals surface area contributed by atoms with E-state index in [0.717, 1.165) is 83.5 Å². The van der Waals surface area contributed by atoms with Crippen LogP contribution in [0.4, 0.5) is 0 Å². The van der Waals surface area contributed by atoms with Crippen LogP contribution in [0.3, 0.4) is 0 Å². The molecule has 3 N–H and O–H groups in total. The second-order valence-electron chi connectivity index (χ2n) is 15.3. The molecule has 1 amide bonds. The number of nitrogens with one attached hydrogen (secondary N) is 1. The SMILES string of the molecule is CC\C=C/C=C/C=C/C=C\C=C\C=C\CCCCCC(=O)OC(CCCCC\C=C/C=C/C=C/C=C/CC)CC(=O)NC(CO)C(O)CCCCCCCCCCCC. The van der Waals surface area contributed by atoms with Crippen molar-refractivity contribution in [2.24, 2.45) is 0 Å². The van der Waals surface area contributed by atoms with E-state index >= 15 is 0 Å². The van der Waals surface area contributed by atoms with Crippen molar-refractivity contribution < 1.29 is 24.5 Å². The quantitative estimate of drug-likeness (QED) is 0.0326. The van der Waals surface area contributed by atoms with Crippen LogP contribution in [0.1, 0.15) is 175 Å². The minimum absolute atomic E-state index is 0.0242. The van der Waals surface area contributed by atoms with Gasteiger partial charge in [0, 0.05) is 6.42 Å². The van der Waals surface area contributed by atoms with Gasteiger partial charge in [0.15, 0.2) is 0 Å². The van der Waals surface area contributed by atoms with Crippen molar-refractivity contribution in [3.63, 3.8) is 0 Å². The van der Waals surface area contributed by atoms with Gasteiger partial charge in [0.1, 0.15) is 6.10 Å². The molecule has 0 spiro atoms. The van der Waals surface area contributed by atoms with Crippen molar-refractivity contribution in [3.8, 4) is 0 Å². The standard InChI is InChI=1S/C53H85NO5/c1-4-7-10-13-16-19-22-24-25-26-27-29-31-34-37-40-43-46-53(58)59-49(44-41-38-35-32-30-28-23-20-17-14-11-8-5-2)47-52(57)54-50(48-55)51(56)45-42-39-36-33-21-18-15-12-9-6-3/h7-8,10-11,13-14,16-17,19-20,22-31,49-51,55-56H,4-6,9,12,15,18,21,32-48H2,1-3H3,(H,54,57)/b10-7-,11-8+,16-13+,17-14+,22-19+,23-20+,25-24-,27-26+,30-28-,31-29+. The smallest absolute Gasteiger partial charge is 0.306 e. The average molecular weight is 816 g/mol. The summed E-state index contributed by atoms with van der Waals surface area (Å²) in [5.74, 6) is -0.581. The minimum Gasteiger partial charge on any atom is -0.462 e. The summed E-state index contributed by atoms with van der Waals surface area (Å²) in [6, 6.07) is -0.731. The largest absolute Gasteiger partial charge is 0.462 e. The van der Waals surface area contributed by atoms with Gasteiger partial charge in [-0.1, -0.05) is 219 Å². The molecule has 0 bridgehead atoms. The summed E-state index contributed by atoms with van der Waals surface area (Å²) in [4.78, 5) is 26.0. The number of rotatable bonds is 39. The van der Waals surface area contributed by atoms with Gasteiger partial charge in [-0.05, 0) is 64.2 Å². The zero-order chi connectivity index (χ0) is 43.1. The number of hydrogen-bond acceptors (Lipinski definition) is 5. The lowest BCUT2D eigenvalue weighted by Crippen LogP contribution is -2.46. The second-order valence-corrected chi connectivity index (χ2v) is 15.3. The fourth-order valence-electron chi connectivity index (χ4n) is 6.29. The van der Waals surface area contributed by atoms with Gasteiger partial charge in [-0.2, -0.15) is 0 Å². The van der Waals surface area contributed by atoms with E-state index in [1.165, 1.54) is 44.9 Å². The predicted molar refractivity (Wildman–Crippen MR) is 254 cm³/mol. The highest BCUT2D eigenvalue weighted by atomic mass is 16.5. The maximum Gasteiger partial charge on any atom is 0.306 e. The predicted octanol–water partition coefficient (Wildman–Crippen LogP) is 13.7. The van der Waals surface area contributed by atoms with Gasteiger partial charge in [-0.3, -0.25) is 9.59 Å². The molecule has 0 aliphatic carbocycles. The van der Waals surface area contributed by atoms with E-state index in [4.69, 9.17) is 4.74 Å². The summed E-state index contributed by atoms with van der Waals surface area (Å²) in [6.07, 6.45) is 62.5. The van der Waals surface area contributed by atoms with Crippen LogP contribution in [0.15, 0.2) is 122 Å². The molecule has 0 aliphatic heterocycles. The Balaban J connectivity index is 4.80. The van der Waals surface area contributed by atoms with Crippen molar-refractivity contribution in [2.45, 2.75) is 193 Å². The van der Waals surface area contributed by atoms with Gasteiger partial charge in [-0.25, -0.2) is 0 Å². The van der Waals surface area contributed by atoms with Crippen LogP contribution in [0, 0.1) is 0 Å². The molecular weight excluding hydrogens is 731 g/mol. The first-order valence-corrected chi connectivity index (χ1v) is 23.4. The van der Waals surface area contributed by atoms with Crippen LogP contribution < -0.4 is 5.32 Å². The van der Waals surface area contributed by atoms with E-state index in [2.05, 4.69) is 56.5 Å². The molecule has 0 rings (SSSR count). The Morgan fingerprint density at radius 2 is 0.915 bits per heavy atom. The molecule has 0 saturated carbocycles. The number of allylic oxidation sites excluding steroid dienone is 20. The summed E-state index contributed by atoms with van der Waals surface area (Å²) in [5, 5.41) is 23.6. The first kappa shape index (κ1) is 55.3. The van der Waals surface area contributed by atoms with Gasteiger partial charge in [0.05, 0.1) is 25.2 Å². The number of unbranched alkanes of at least 4 members (excludes halogenated alkanes) is 15. The van der Waals surface area contributed by atoms with Crippen molar-refractivity contribution in [3.05, 3.63) is 122 Å². The maximum absolute atomic E-state index is 13.1. The van der Waals surface area contributed by atoms with Crippen molar-refractivity contribution >= 4 is 11.9 Å². The molecule has 59 heavy (non-hydrogen) atoms. The number of esters is 1. The van der Waals surface area contributed by atoms with Crippen LogP contribution in [-0.4, -0.2) is 46.9 Å². The third-order valence-electron chi connectivity index (χ3n) is 9.79. The molecule has 0 heterocycles. The fraction of sp³-hybridized carbons (Fsp3) is 0.585. The highest BCUT2D eigenvalue weighted by molar-refractivity contribution is 5.77. The molecule has 0 aliphatic rings. The molecule has 332 valence electrons. The van der Waals surface area contributed by atoms with Crippen LogP contribution in [-0.2, 0) is 14.3 Å². The lowest BCUT2D eigenvalue weighted by atomic mass is 10.0. The van der Waals surface area contributed by atoms with Crippen molar-refractivity contribution in [1.82, 2.24) is 5.32 Å². The fourth-order valence-corrected chi connectivity index (χ4v) is 6.29. The second kappa shape index (κ2) is 45.3. The Kier molecular flexibility index (Phi) is 42.5. The molecule has 6 nitrogen and oxygen atoms in total. The number of carbonyl (C=O) groups is 2. The third-order valence-corrected chi connectivity index (χ3v) is 9.79. The van der Waals surface area contributed by atoms with Gasteiger partial charge in [-0.15, -0.1) is 0 Å². The highest BCUT2D eigenvalue weighted by Gasteiger charge is 2.24. The van der Waals surface area contributed by atoms with Crippen LogP contribution >= 0.6 is 0 Å². The minimum atomic E-state index is -0.813. The number of carbonyl (C=O) groups excluding carboxylic acids is 2. The highest BCUT2D eigenvalue weighted by Crippen LogP contribution is 2.16. The number of aliphatic hydroxyl groups is 2. The van der Waals surface area contributed by atoms with E-state index in [0.29, 0.717) is 19.3 Å². The summed E-state index contributed by atoms with van der Waals surface area (Å²) in [5.41, 5.74) is 0. The van der Waals surface area contributed by atoms with Gasteiger partial charge in [0.2, 0.25) is 5.91 Å². The van der Waals surface area contributed by atoms with Gasteiger partial charge < -0.3 is 20.3 Å². The molecule has 0 saturated heterocycles. The van der Waals surface area contributed by atoms with E-state index in [1.807, 2.05) is 91.1 Å². The van der Waals surface area contributed by atoms with E-state index in [-0.39, 0.29) is 24.9 Å². The zero-order valence-electron chi connectivity index (χ0n) is 37.6. The molecule has 0 aromatic rings. The molecule has 6 heteroatoms. The van der Waals surface area contributed by atoms with E-state index in [1.54, 1.807) is 0 Å². The van der Waals surface area contributed by atoms with E-state index in [9.17, 15) is 19.8 Å². The molecule has 0 aromatic carbocycles. The Morgan fingerprint density at radius 1 is 0.508 bits per heavy atom. The monoisotopic (exact) mass is 816 g/mol. The lowest BCUT2D eigenvalue weighted by Gasteiger charge is -2.24. The average Bonchev–Trinajstić information content (AvgIpc) is 3.23. The number of amides is 1. The molecule has 0 radical (unpaired) electrons. The Labute approximate surface area is 361 Å². The normalized spacial score (nSPS) is 14.5. The number of ether oxygens (including phenoxy) is 1. The zero-order valence-corrected chi connectivity index (χ0v) is 37.6. The van der Waals surface area contributed by atoms with Crippen molar-refractivity contribution in [1.29, 1.82) is 0 Å². The molecule has 0 aromatic heterocycles. The molecule has 0 fully saturated rings. The molecule has 3 unspecified atom stereocenters. The summed E-state index contributed by atoms with van der Waals surface area (Å²) in [7, 11) is 0. The van der Waals surface area contributed by atoms with Crippen LogP contribution in [0.2, 0.25) is 0 Å². The van der Waals surface area contributed by atoms with E-state index < -0.39 is 18.2 Å². The van der Waals surface area contributed by atoms with Crippen molar-refractivity contribution in [2.75, 3.05) is 6.61 Å². The lowest BCUT2D eigenvalue weighted by molar-refractivity contribution is -0.151. The molecule has 3 atom stereocenters. The Hall–Kier alpha value is -3.74.